The van der Waals surface area contributed by atoms with Gasteiger partial charge in [0.25, 0.3) is 5.91 Å². The van der Waals surface area contributed by atoms with E-state index in [0.717, 1.165) is 25.8 Å². The fourth-order valence-corrected chi connectivity index (χ4v) is 1.29. The minimum Gasteiger partial charge on any atom is -0.330 e. The Hall–Kier alpha value is -0.610. The van der Waals surface area contributed by atoms with Gasteiger partial charge in [0, 0.05) is 6.54 Å². The second-order valence-electron chi connectivity index (χ2n) is 3.01. The normalized spacial score (nSPS) is 22.6. The predicted molar refractivity (Wildman–Crippen MR) is 46.7 cm³/mol. The van der Waals surface area contributed by atoms with E-state index in [-0.39, 0.29) is 11.9 Å². The van der Waals surface area contributed by atoms with Gasteiger partial charge in [0.05, 0.1) is 6.04 Å². The van der Waals surface area contributed by atoms with Crippen LogP contribution in [0.15, 0.2) is 0 Å². The molecule has 0 aromatic heterocycles. The summed E-state index contributed by atoms with van der Waals surface area (Å²) in [6, 6.07) is -0.0113. The van der Waals surface area contributed by atoms with Crippen molar-refractivity contribution in [2.75, 3.05) is 19.6 Å². The molecule has 1 amide bonds. The molecule has 0 aromatic rings. The number of rotatable bonds is 4. The van der Waals surface area contributed by atoms with Crippen LogP contribution in [0.25, 0.3) is 0 Å². The molecule has 1 fully saturated rings. The third-order valence-electron chi connectivity index (χ3n) is 1.99. The first-order valence-electron chi connectivity index (χ1n) is 4.49. The molecule has 1 saturated heterocycles. The monoisotopic (exact) mass is 170 g/mol. The van der Waals surface area contributed by atoms with Crippen LogP contribution in [0, 0.1) is 0 Å². The molecule has 1 heterocycles. The van der Waals surface area contributed by atoms with Crippen LogP contribution in [0.2, 0.25) is 0 Å². The standard InChI is InChI=1S/C8H16N3O/c9-4-2-6-11-8(12)7-3-1-5-10-7/h7,10H,1-6,9H2. The molecule has 1 atom stereocenters. The molecule has 1 unspecified atom stereocenters. The van der Waals surface area contributed by atoms with Gasteiger partial charge in [-0.3, -0.25) is 10.1 Å². The summed E-state index contributed by atoms with van der Waals surface area (Å²) < 4.78 is 0. The van der Waals surface area contributed by atoms with Gasteiger partial charge in [-0.25, -0.2) is 0 Å². The Morgan fingerprint density at radius 3 is 3.08 bits per heavy atom. The van der Waals surface area contributed by atoms with E-state index >= 15 is 0 Å². The smallest absolute Gasteiger partial charge is 0.258 e. The van der Waals surface area contributed by atoms with Gasteiger partial charge >= 0.3 is 0 Å². The van der Waals surface area contributed by atoms with Gasteiger partial charge in [-0.05, 0) is 32.4 Å². The fourth-order valence-electron chi connectivity index (χ4n) is 1.29. The molecule has 0 bridgehead atoms. The lowest BCUT2D eigenvalue weighted by Crippen LogP contribution is -2.37. The molecule has 3 N–H and O–H groups in total. The van der Waals surface area contributed by atoms with Crippen molar-refractivity contribution in [1.29, 1.82) is 0 Å². The summed E-state index contributed by atoms with van der Waals surface area (Å²) in [5.74, 6) is 0.000880. The Bertz CT molecular complexity index is 143. The molecule has 12 heavy (non-hydrogen) atoms. The summed E-state index contributed by atoms with van der Waals surface area (Å²) in [5.41, 5.74) is 5.28. The minimum atomic E-state index is -0.0113. The Labute approximate surface area is 72.9 Å². The Morgan fingerprint density at radius 1 is 1.67 bits per heavy atom. The third kappa shape index (κ3) is 2.79. The molecular formula is C8H16N3O. The van der Waals surface area contributed by atoms with Crippen molar-refractivity contribution < 1.29 is 4.79 Å². The van der Waals surface area contributed by atoms with Crippen molar-refractivity contribution in [1.82, 2.24) is 10.6 Å². The second kappa shape index (κ2) is 5.11. The highest BCUT2D eigenvalue weighted by Crippen LogP contribution is 2.04. The third-order valence-corrected chi connectivity index (χ3v) is 1.99. The maximum absolute atomic E-state index is 11.3. The Morgan fingerprint density at radius 2 is 2.50 bits per heavy atom. The number of nitrogens with one attached hydrogen (secondary N) is 1. The van der Waals surface area contributed by atoms with Crippen LogP contribution in [0.4, 0.5) is 0 Å². The highest BCUT2D eigenvalue weighted by atomic mass is 16.2. The average Bonchev–Trinajstić information content (AvgIpc) is 2.56. The molecule has 69 valence electrons. The summed E-state index contributed by atoms with van der Waals surface area (Å²) >= 11 is 0. The maximum Gasteiger partial charge on any atom is 0.258 e. The molecule has 1 aliphatic rings. The summed E-state index contributed by atoms with van der Waals surface area (Å²) in [6.07, 6.45) is 2.83. The number of carbonyl (C=O) groups is 1. The van der Waals surface area contributed by atoms with Crippen molar-refractivity contribution in [2.45, 2.75) is 25.3 Å². The summed E-state index contributed by atoms with van der Waals surface area (Å²) in [5, 5.41) is 7.02. The summed E-state index contributed by atoms with van der Waals surface area (Å²) in [6.45, 7) is 2.13. The number of hydrogen-bond donors (Lipinski definition) is 2. The van der Waals surface area contributed by atoms with Gasteiger partial charge in [-0.1, -0.05) is 0 Å². The number of nitrogens with two attached hydrogens (primary N) is 1. The largest absolute Gasteiger partial charge is 0.330 e. The van der Waals surface area contributed by atoms with Crippen LogP contribution in [0.5, 0.6) is 0 Å². The van der Waals surface area contributed by atoms with Crippen molar-refractivity contribution in [3.05, 3.63) is 0 Å². The van der Waals surface area contributed by atoms with E-state index in [2.05, 4.69) is 10.6 Å². The van der Waals surface area contributed by atoms with Crippen LogP contribution in [0.1, 0.15) is 19.3 Å². The van der Waals surface area contributed by atoms with Crippen LogP contribution in [-0.2, 0) is 4.79 Å². The van der Waals surface area contributed by atoms with E-state index in [1.165, 1.54) is 0 Å². The molecule has 4 heteroatoms. The van der Waals surface area contributed by atoms with Crippen molar-refractivity contribution >= 4 is 5.91 Å². The van der Waals surface area contributed by atoms with E-state index in [9.17, 15) is 4.79 Å². The molecule has 1 rings (SSSR count). The first kappa shape index (κ1) is 9.48. The van der Waals surface area contributed by atoms with Gasteiger partial charge in [0.15, 0.2) is 0 Å². The molecule has 1 radical (unpaired) electrons. The average molecular weight is 170 g/mol. The van der Waals surface area contributed by atoms with Crippen LogP contribution in [0.3, 0.4) is 0 Å². The SMILES string of the molecule is NCCC[N]C(=O)C1CCCN1. The van der Waals surface area contributed by atoms with Gasteiger partial charge in [-0.2, -0.15) is 0 Å². The van der Waals surface area contributed by atoms with E-state index in [4.69, 9.17) is 5.73 Å². The van der Waals surface area contributed by atoms with Gasteiger partial charge in [0.2, 0.25) is 0 Å². The van der Waals surface area contributed by atoms with Gasteiger partial charge in [0.1, 0.15) is 0 Å². The maximum atomic E-state index is 11.3. The topological polar surface area (TPSA) is 69.2 Å². The summed E-state index contributed by atoms with van der Waals surface area (Å²) in [7, 11) is 0. The zero-order valence-electron chi connectivity index (χ0n) is 7.25. The highest BCUT2D eigenvalue weighted by Gasteiger charge is 2.21. The molecule has 0 spiro atoms. The van der Waals surface area contributed by atoms with Crippen LogP contribution in [-0.4, -0.2) is 31.6 Å². The number of carbonyl (C=O) groups excluding carboxylic acids is 1. The van der Waals surface area contributed by atoms with Crippen molar-refractivity contribution in [3.8, 4) is 0 Å². The first-order valence-corrected chi connectivity index (χ1v) is 4.49. The van der Waals surface area contributed by atoms with E-state index in [0.29, 0.717) is 13.1 Å². The van der Waals surface area contributed by atoms with E-state index in [1.54, 1.807) is 0 Å². The van der Waals surface area contributed by atoms with Crippen LogP contribution >= 0.6 is 0 Å². The molecule has 4 nitrogen and oxygen atoms in total. The molecule has 0 aromatic carbocycles. The summed E-state index contributed by atoms with van der Waals surface area (Å²) in [4.78, 5) is 11.3. The zero-order valence-corrected chi connectivity index (χ0v) is 7.25. The number of amides is 1. The van der Waals surface area contributed by atoms with Gasteiger partial charge in [-0.15, -0.1) is 0 Å². The first-order chi connectivity index (χ1) is 5.84. The van der Waals surface area contributed by atoms with Crippen molar-refractivity contribution in [2.24, 2.45) is 5.73 Å². The molecule has 0 aliphatic carbocycles. The zero-order chi connectivity index (χ0) is 8.81. The lowest BCUT2D eigenvalue weighted by molar-refractivity contribution is -0.123. The Kier molecular flexibility index (Phi) is 4.04. The minimum absolute atomic E-state index is 0.000880. The molecule has 1 aliphatic heterocycles. The van der Waals surface area contributed by atoms with Crippen LogP contribution < -0.4 is 16.4 Å². The number of nitrogens with zero attached hydrogens (tertiary/aromatic N) is 1. The van der Waals surface area contributed by atoms with Gasteiger partial charge < -0.3 is 11.1 Å². The predicted octanol–water partition coefficient (Wildman–Crippen LogP) is -0.782. The van der Waals surface area contributed by atoms with E-state index in [1.807, 2.05) is 0 Å². The highest BCUT2D eigenvalue weighted by molar-refractivity contribution is 5.81. The lowest BCUT2D eigenvalue weighted by Gasteiger charge is -2.07. The molecular weight excluding hydrogens is 154 g/mol. The quantitative estimate of drug-likeness (QED) is 0.544. The lowest BCUT2D eigenvalue weighted by atomic mass is 10.2. The Balaban J connectivity index is 2.10. The van der Waals surface area contributed by atoms with Crippen molar-refractivity contribution in [3.63, 3.8) is 0 Å². The number of hydrogen-bond acceptors (Lipinski definition) is 3. The fraction of sp³-hybridized carbons (Fsp3) is 0.875. The molecule has 0 saturated carbocycles. The van der Waals surface area contributed by atoms with E-state index < -0.39 is 0 Å². The second-order valence-corrected chi connectivity index (χ2v) is 3.01.